The molecule has 0 spiro atoms. The SMILES string of the molecule is Cc1ccc(C)c(N([C@H](C)C(=O)NCCSC2CCCC2)S(C)(=O)=O)c1. The molecule has 0 aliphatic heterocycles. The van der Waals surface area contributed by atoms with Crippen LogP contribution in [0, 0.1) is 13.8 Å². The number of nitrogens with one attached hydrogen (secondary N) is 1. The van der Waals surface area contributed by atoms with Crippen LogP contribution in [0.25, 0.3) is 0 Å². The fourth-order valence-corrected chi connectivity index (χ4v) is 5.78. The van der Waals surface area contributed by atoms with Gasteiger partial charge in [0.2, 0.25) is 15.9 Å². The monoisotopic (exact) mass is 398 g/mol. The van der Waals surface area contributed by atoms with Gasteiger partial charge in [-0.15, -0.1) is 0 Å². The molecule has 1 atom stereocenters. The van der Waals surface area contributed by atoms with Gasteiger partial charge in [0.05, 0.1) is 11.9 Å². The highest BCUT2D eigenvalue weighted by Crippen LogP contribution is 2.29. The van der Waals surface area contributed by atoms with Gasteiger partial charge in [-0.1, -0.05) is 25.0 Å². The molecule has 0 heterocycles. The second kappa shape index (κ2) is 9.13. The molecule has 2 rings (SSSR count). The Balaban J connectivity index is 2.02. The van der Waals surface area contributed by atoms with Gasteiger partial charge < -0.3 is 5.32 Å². The molecule has 1 aromatic rings. The van der Waals surface area contributed by atoms with Crippen molar-refractivity contribution in [3.05, 3.63) is 29.3 Å². The van der Waals surface area contributed by atoms with Crippen LogP contribution in [-0.4, -0.2) is 44.2 Å². The summed E-state index contributed by atoms with van der Waals surface area (Å²) < 4.78 is 26.0. The van der Waals surface area contributed by atoms with E-state index in [1.165, 1.54) is 30.0 Å². The Bertz CT molecular complexity index is 728. The maximum Gasteiger partial charge on any atom is 0.243 e. The van der Waals surface area contributed by atoms with E-state index in [1.807, 2.05) is 43.8 Å². The van der Waals surface area contributed by atoms with Crippen LogP contribution in [0.3, 0.4) is 0 Å². The minimum Gasteiger partial charge on any atom is -0.353 e. The van der Waals surface area contributed by atoms with Gasteiger partial charge in [0.1, 0.15) is 6.04 Å². The summed E-state index contributed by atoms with van der Waals surface area (Å²) in [7, 11) is -3.58. The molecule has 26 heavy (non-hydrogen) atoms. The highest BCUT2D eigenvalue weighted by atomic mass is 32.2. The van der Waals surface area contributed by atoms with Crippen molar-refractivity contribution in [2.45, 2.75) is 57.7 Å². The van der Waals surface area contributed by atoms with Crippen LogP contribution in [0.15, 0.2) is 18.2 Å². The van der Waals surface area contributed by atoms with Gasteiger partial charge in [-0.3, -0.25) is 9.10 Å². The third-order valence-electron chi connectivity index (χ3n) is 4.75. The molecule has 1 amide bonds. The van der Waals surface area contributed by atoms with E-state index >= 15 is 0 Å². The lowest BCUT2D eigenvalue weighted by Crippen LogP contribution is -2.48. The molecule has 0 radical (unpaired) electrons. The first-order valence-corrected chi connectivity index (χ1v) is 12.1. The molecule has 1 N–H and O–H groups in total. The minimum absolute atomic E-state index is 0.261. The first-order valence-electron chi connectivity index (χ1n) is 9.16. The van der Waals surface area contributed by atoms with E-state index in [-0.39, 0.29) is 5.91 Å². The van der Waals surface area contributed by atoms with Crippen LogP contribution in [0.5, 0.6) is 0 Å². The summed E-state index contributed by atoms with van der Waals surface area (Å²) >= 11 is 1.91. The summed E-state index contributed by atoms with van der Waals surface area (Å²) in [5.74, 6) is 0.606. The number of rotatable bonds is 8. The van der Waals surface area contributed by atoms with Crippen LogP contribution in [0.4, 0.5) is 5.69 Å². The third-order valence-corrected chi connectivity index (χ3v) is 7.36. The molecular weight excluding hydrogens is 368 g/mol. The van der Waals surface area contributed by atoms with Crippen LogP contribution in [-0.2, 0) is 14.8 Å². The number of benzene rings is 1. The Hall–Kier alpha value is -1.21. The van der Waals surface area contributed by atoms with Crippen molar-refractivity contribution >= 4 is 33.4 Å². The summed E-state index contributed by atoms with van der Waals surface area (Å²) in [4.78, 5) is 12.6. The van der Waals surface area contributed by atoms with Crippen LogP contribution >= 0.6 is 11.8 Å². The number of aryl methyl sites for hydroxylation is 2. The largest absolute Gasteiger partial charge is 0.353 e. The van der Waals surface area contributed by atoms with E-state index in [9.17, 15) is 13.2 Å². The zero-order valence-electron chi connectivity index (χ0n) is 16.1. The molecule has 1 aromatic carbocycles. The fourth-order valence-electron chi connectivity index (χ4n) is 3.34. The summed E-state index contributed by atoms with van der Waals surface area (Å²) in [6.07, 6.45) is 6.29. The average Bonchev–Trinajstić information content (AvgIpc) is 3.07. The number of amides is 1. The summed E-state index contributed by atoms with van der Waals surface area (Å²) in [6.45, 7) is 5.97. The molecule has 0 bridgehead atoms. The number of nitrogens with zero attached hydrogens (tertiary/aromatic N) is 1. The number of anilines is 1. The van der Waals surface area contributed by atoms with Gasteiger partial charge in [0.25, 0.3) is 0 Å². The molecule has 7 heteroatoms. The van der Waals surface area contributed by atoms with Crippen LogP contribution in [0.1, 0.15) is 43.7 Å². The van der Waals surface area contributed by atoms with Crippen LogP contribution in [0.2, 0.25) is 0 Å². The zero-order chi connectivity index (χ0) is 19.3. The number of hydrogen-bond donors (Lipinski definition) is 1. The average molecular weight is 399 g/mol. The second-order valence-electron chi connectivity index (χ2n) is 7.09. The van der Waals surface area contributed by atoms with Crippen LogP contribution < -0.4 is 9.62 Å². The summed E-state index contributed by atoms with van der Waals surface area (Å²) in [5.41, 5.74) is 2.35. The Kier molecular flexibility index (Phi) is 7.41. The smallest absolute Gasteiger partial charge is 0.243 e. The number of sulfonamides is 1. The fraction of sp³-hybridized carbons (Fsp3) is 0.632. The molecule has 0 unspecified atom stereocenters. The Morgan fingerprint density at radius 1 is 1.31 bits per heavy atom. The van der Waals surface area contributed by atoms with Crippen molar-refractivity contribution in [1.29, 1.82) is 0 Å². The van der Waals surface area contributed by atoms with Gasteiger partial charge >= 0.3 is 0 Å². The molecule has 1 aliphatic carbocycles. The van der Waals surface area contributed by atoms with Crippen molar-refractivity contribution in [3.63, 3.8) is 0 Å². The van der Waals surface area contributed by atoms with Crippen molar-refractivity contribution in [2.75, 3.05) is 22.9 Å². The van der Waals surface area contributed by atoms with Crippen molar-refractivity contribution in [2.24, 2.45) is 0 Å². The molecular formula is C19H30N2O3S2. The van der Waals surface area contributed by atoms with Gasteiger partial charge in [-0.25, -0.2) is 8.42 Å². The molecule has 146 valence electrons. The highest BCUT2D eigenvalue weighted by molar-refractivity contribution is 7.99. The van der Waals surface area contributed by atoms with Gasteiger partial charge in [-0.05, 0) is 50.8 Å². The minimum atomic E-state index is -3.58. The standard InChI is InChI=1S/C19H30N2O3S2/c1-14-9-10-15(2)18(13-14)21(26(4,23)24)16(3)19(22)20-11-12-25-17-7-5-6-8-17/h9-10,13,16-17H,5-8,11-12H2,1-4H3,(H,20,22)/t16-/m1/s1. The molecule has 5 nitrogen and oxygen atoms in total. The van der Waals surface area contributed by atoms with Crippen molar-refractivity contribution in [1.82, 2.24) is 5.32 Å². The van der Waals surface area contributed by atoms with E-state index in [4.69, 9.17) is 0 Å². The van der Waals surface area contributed by atoms with Gasteiger partial charge in [0, 0.05) is 17.5 Å². The first-order chi connectivity index (χ1) is 12.2. The number of thioether (sulfide) groups is 1. The number of carbonyl (C=O) groups is 1. The second-order valence-corrected chi connectivity index (χ2v) is 10.4. The molecule has 1 saturated carbocycles. The van der Waals surface area contributed by atoms with E-state index < -0.39 is 16.1 Å². The third kappa shape index (κ3) is 5.64. The van der Waals surface area contributed by atoms with Gasteiger partial charge in [-0.2, -0.15) is 11.8 Å². The Morgan fingerprint density at radius 3 is 2.58 bits per heavy atom. The van der Waals surface area contributed by atoms with Crippen molar-refractivity contribution in [3.8, 4) is 0 Å². The maximum atomic E-state index is 12.6. The van der Waals surface area contributed by atoms with E-state index in [2.05, 4.69) is 5.32 Å². The molecule has 0 saturated heterocycles. The normalized spacial score (nSPS) is 16.5. The first kappa shape index (κ1) is 21.1. The molecule has 0 aromatic heterocycles. The summed E-state index contributed by atoms with van der Waals surface area (Å²) in [6, 6.07) is 4.84. The summed E-state index contributed by atoms with van der Waals surface area (Å²) in [5, 5.41) is 3.61. The Morgan fingerprint density at radius 2 is 1.96 bits per heavy atom. The lowest BCUT2D eigenvalue weighted by molar-refractivity contribution is -0.121. The maximum absolute atomic E-state index is 12.6. The van der Waals surface area contributed by atoms with E-state index in [1.54, 1.807) is 6.92 Å². The number of carbonyl (C=O) groups excluding carboxylic acids is 1. The Labute approximate surface area is 162 Å². The lowest BCUT2D eigenvalue weighted by Gasteiger charge is -2.29. The van der Waals surface area contributed by atoms with E-state index in [0.717, 1.165) is 23.1 Å². The lowest BCUT2D eigenvalue weighted by atomic mass is 10.1. The zero-order valence-corrected chi connectivity index (χ0v) is 17.8. The quantitative estimate of drug-likeness (QED) is 0.683. The topological polar surface area (TPSA) is 66.5 Å². The van der Waals surface area contributed by atoms with Crippen molar-refractivity contribution < 1.29 is 13.2 Å². The van der Waals surface area contributed by atoms with Gasteiger partial charge in [0.15, 0.2) is 0 Å². The molecule has 1 fully saturated rings. The predicted molar refractivity (Wildman–Crippen MR) is 110 cm³/mol. The highest BCUT2D eigenvalue weighted by Gasteiger charge is 2.30. The number of hydrogen-bond acceptors (Lipinski definition) is 4. The van der Waals surface area contributed by atoms with E-state index in [0.29, 0.717) is 17.5 Å². The molecule has 1 aliphatic rings. The predicted octanol–water partition coefficient (Wildman–Crippen LogP) is 3.25.